The van der Waals surface area contributed by atoms with Gasteiger partial charge in [0.15, 0.2) is 0 Å². The third-order valence-electron chi connectivity index (χ3n) is 5.73. The van der Waals surface area contributed by atoms with Crippen LogP contribution in [0.5, 0.6) is 0 Å². The zero-order chi connectivity index (χ0) is 24.8. The Labute approximate surface area is 205 Å². The summed E-state index contributed by atoms with van der Waals surface area (Å²) in [6, 6.07) is 12.8. The first-order valence-corrected chi connectivity index (χ1v) is 11.8. The fraction of sp³-hybridized carbons (Fsp3) is 0.385. The second kappa shape index (κ2) is 11.5. The average molecular weight is 486 g/mol. The van der Waals surface area contributed by atoms with Crippen molar-refractivity contribution in [1.82, 2.24) is 14.8 Å². The number of carbonyl (C=O) groups excluding carboxylic acids is 2. The van der Waals surface area contributed by atoms with Gasteiger partial charge in [-0.15, -0.1) is 12.6 Å². The summed E-state index contributed by atoms with van der Waals surface area (Å²) in [6.45, 7) is 6.43. The molecule has 0 bridgehead atoms. The minimum Gasteiger partial charge on any atom is -0.379 e. The molecule has 3 aromatic rings. The summed E-state index contributed by atoms with van der Waals surface area (Å²) in [5.74, 6) is -0.877. The van der Waals surface area contributed by atoms with E-state index in [0.29, 0.717) is 30.2 Å². The highest BCUT2D eigenvalue weighted by Crippen LogP contribution is 2.36. The Balaban J connectivity index is 1.97. The minimum absolute atomic E-state index is 0.0858. The molecular formula is C26H32FN3O3S. The van der Waals surface area contributed by atoms with Crippen molar-refractivity contribution in [2.24, 2.45) is 7.05 Å². The zero-order valence-electron chi connectivity index (χ0n) is 20.0. The van der Waals surface area contributed by atoms with Crippen molar-refractivity contribution in [3.05, 3.63) is 65.5 Å². The standard InChI is InChI=1S/C26H32FN3O3S/c1-17(2)33-15-7-14-30(18(3)31)24(25(32)28-16-19-10-12-20(27)13-11-19)23-21-8-5-6-9-22(21)29(4)26(23)34/h5-6,8-13,17,24,34H,7,14-16H2,1-4H3,(H,28,32). The van der Waals surface area contributed by atoms with E-state index >= 15 is 0 Å². The molecule has 2 amide bonds. The van der Waals surface area contributed by atoms with E-state index in [9.17, 15) is 14.0 Å². The summed E-state index contributed by atoms with van der Waals surface area (Å²) in [6.07, 6.45) is 0.675. The molecule has 0 radical (unpaired) electrons. The second-order valence-corrected chi connectivity index (χ2v) is 8.97. The first-order valence-electron chi connectivity index (χ1n) is 11.4. The topological polar surface area (TPSA) is 63.6 Å². The van der Waals surface area contributed by atoms with Crippen molar-refractivity contribution in [1.29, 1.82) is 0 Å². The van der Waals surface area contributed by atoms with Gasteiger partial charge in [0.05, 0.1) is 11.1 Å². The van der Waals surface area contributed by atoms with Crippen molar-refractivity contribution in [2.45, 2.75) is 50.9 Å². The summed E-state index contributed by atoms with van der Waals surface area (Å²) < 4.78 is 20.8. The Morgan fingerprint density at radius 1 is 1.15 bits per heavy atom. The molecule has 0 saturated carbocycles. The number of halogens is 1. The molecule has 0 saturated heterocycles. The molecule has 6 nitrogen and oxygen atoms in total. The van der Waals surface area contributed by atoms with Gasteiger partial charge in [-0.25, -0.2) is 4.39 Å². The first-order chi connectivity index (χ1) is 16.2. The van der Waals surface area contributed by atoms with E-state index in [0.717, 1.165) is 16.5 Å². The predicted molar refractivity (Wildman–Crippen MR) is 134 cm³/mol. The van der Waals surface area contributed by atoms with E-state index in [1.807, 2.05) is 49.7 Å². The lowest BCUT2D eigenvalue weighted by molar-refractivity contribution is -0.139. The molecule has 0 aliphatic heterocycles. The van der Waals surface area contributed by atoms with Gasteiger partial charge in [-0.1, -0.05) is 30.3 Å². The molecule has 8 heteroatoms. The van der Waals surface area contributed by atoms with Gasteiger partial charge in [-0.3, -0.25) is 9.59 Å². The number of para-hydroxylation sites is 1. The van der Waals surface area contributed by atoms with Crippen LogP contribution in [0, 0.1) is 5.82 Å². The number of aryl methyl sites for hydroxylation is 1. The Bertz CT molecular complexity index is 1140. The van der Waals surface area contributed by atoms with E-state index in [4.69, 9.17) is 17.4 Å². The minimum atomic E-state index is -0.879. The Morgan fingerprint density at radius 3 is 2.47 bits per heavy atom. The first kappa shape index (κ1) is 25.8. The van der Waals surface area contributed by atoms with Crippen LogP contribution in [0.15, 0.2) is 53.6 Å². The highest BCUT2D eigenvalue weighted by molar-refractivity contribution is 7.80. The van der Waals surface area contributed by atoms with Crippen LogP contribution in [0.2, 0.25) is 0 Å². The number of rotatable bonds is 10. The van der Waals surface area contributed by atoms with Crippen LogP contribution >= 0.6 is 12.6 Å². The molecule has 0 fully saturated rings. The quantitative estimate of drug-likeness (QED) is 0.325. The van der Waals surface area contributed by atoms with Crippen molar-refractivity contribution < 1.29 is 18.7 Å². The van der Waals surface area contributed by atoms with Gasteiger partial charge >= 0.3 is 0 Å². The third-order valence-corrected chi connectivity index (χ3v) is 6.27. The van der Waals surface area contributed by atoms with Crippen LogP contribution < -0.4 is 5.32 Å². The zero-order valence-corrected chi connectivity index (χ0v) is 20.9. The molecule has 1 aromatic heterocycles. The molecule has 1 atom stereocenters. The Morgan fingerprint density at radius 2 is 1.82 bits per heavy atom. The molecular weight excluding hydrogens is 453 g/mol. The van der Waals surface area contributed by atoms with Gasteiger partial charge in [0.25, 0.3) is 0 Å². The number of ether oxygens (including phenoxy) is 1. The molecule has 1 heterocycles. The number of aromatic nitrogens is 1. The van der Waals surface area contributed by atoms with E-state index in [1.54, 1.807) is 17.0 Å². The lowest BCUT2D eigenvalue weighted by atomic mass is 10.0. The molecule has 1 unspecified atom stereocenters. The van der Waals surface area contributed by atoms with E-state index < -0.39 is 6.04 Å². The molecule has 182 valence electrons. The molecule has 2 aromatic carbocycles. The molecule has 34 heavy (non-hydrogen) atoms. The van der Waals surface area contributed by atoms with E-state index in [-0.39, 0.29) is 30.3 Å². The highest BCUT2D eigenvalue weighted by Gasteiger charge is 2.34. The number of thiol groups is 1. The third kappa shape index (κ3) is 5.98. The molecule has 3 rings (SSSR count). The highest BCUT2D eigenvalue weighted by atomic mass is 32.1. The van der Waals surface area contributed by atoms with Gasteiger partial charge < -0.3 is 19.5 Å². The summed E-state index contributed by atoms with van der Waals surface area (Å²) in [4.78, 5) is 28.0. The average Bonchev–Trinajstić information content (AvgIpc) is 3.05. The second-order valence-electron chi connectivity index (χ2n) is 8.55. The van der Waals surface area contributed by atoms with Crippen LogP contribution in [0.3, 0.4) is 0 Å². The number of fused-ring (bicyclic) bond motifs is 1. The number of hydrogen-bond donors (Lipinski definition) is 2. The van der Waals surface area contributed by atoms with Crippen molar-refractivity contribution >= 4 is 35.3 Å². The fourth-order valence-electron chi connectivity index (χ4n) is 4.02. The molecule has 0 aliphatic rings. The summed E-state index contributed by atoms with van der Waals surface area (Å²) in [5.41, 5.74) is 2.36. The molecule has 0 spiro atoms. The van der Waals surface area contributed by atoms with Crippen LogP contribution in [0.1, 0.15) is 44.4 Å². The van der Waals surface area contributed by atoms with Crippen LogP contribution in [-0.4, -0.2) is 40.5 Å². The molecule has 1 N–H and O–H groups in total. The number of amides is 2. The van der Waals surface area contributed by atoms with Crippen LogP contribution in [0.4, 0.5) is 4.39 Å². The number of benzene rings is 2. The van der Waals surface area contributed by atoms with Gasteiger partial charge in [0.1, 0.15) is 11.9 Å². The Hall–Kier alpha value is -2.84. The van der Waals surface area contributed by atoms with Crippen molar-refractivity contribution in [2.75, 3.05) is 13.2 Å². The van der Waals surface area contributed by atoms with E-state index in [2.05, 4.69) is 5.32 Å². The summed E-state index contributed by atoms with van der Waals surface area (Å²) in [5, 5.41) is 4.41. The van der Waals surface area contributed by atoms with Gasteiger partial charge in [0.2, 0.25) is 11.8 Å². The van der Waals surface area contributed by atoms with Crippen molar-refractivity contribution in [3.8, 4) is 0 Å². The SMILES string of the molecule is CC(=O)N(CCCOC(C)C)C(C(=O)NCc1ccc(F)cc1)c1c(S)n(C)c2ccccc12. The van der Waals surface area contributed by atoms with Gasteiger partial charge in [0, 0.05) is 50.1 Å². The van der Waals surface area contributed by atoms with Crippen LogP contribution in [-0.2, 0) is 27.9 Å². The maximum absolute atomic E-state index is 13.6. The monoisotopic (exact) mass is 485 g/mol. The van der Waals surface area contributed by atoms with Gasteiger partial charge in [-0.05, 0) is 44.0 Å². The maximum atomic E-state index is 13.6. The fourth-order valence-corrected chi connectivity index (χ4v) is 4.37. The normalized spacial score (nSPS) is 12.2. The maximum Gasteiger partial charge on any atom is 0.247 e. The summed E-state index contributed by atoms with van der Waals surface area (Å²) >= 11 is 4.73. The smallest absolute Gasteiger partial charge is 0.247 e. The molecule has 0 aliphatic carbocycles. The number of hydrogen-bond acceptors (Lipinski definition) is 4. The number of carbonyl (C=O) groups is 2. The van der Waals surface area contributed by atoms with E-state index in [1.165, 1.54) is 19.1 Å². The van der Waals surface area contributed by atoms with Crippen molar-refractivity contribution in [3.63, 3.8) is 0 Å². The Kier molecular flexibility index (Phi) is 8.74. The number of nitrogens with zero attached hydrogens (tertiary/aromatic N) is 2. The largest absolute Gasteiger partial charge is 0.379 e. The van der Waals surface area contributed by atoms with Crippen LogP contribution in [0.25, 0.3) is 10.9 Å². The predicted octanol–water partition coefficient (Wildman–Crippen LogP) is 4.63. The lowest BCUT2D eigenvalue weighted by Gasteiger charge is -2.31. The van der Waals surface area contributed by atoms with Gasteiger partial charge in [-0.2, -0.15) is 0 Å². The number of nitrogens with one attached hydrogen (secondary N) is 1. The lowest BCUT2D eigenvalue weighted by Crippen LogP contribution is -2.43. The summed E-state index contributed by atoms with van der Waals surface area (Å²) in [7, 11) is 1.89.